The molecule has 1 aliphatic rings. The Morgan fingerprint density at radius 2 is 2.22 bits per heavy atom. The van der Waals surface area contributed by atoms with Crippen molar-refractivity contribution in [3.63, 3.8) is 0 Å². The molecule has 0 bridgehead atoms. The molecule has 6 nitrogen and oxygen atoms in total. The minimum atomic E-state index is -1.10. The number of carbonyl (C=O) groups is 1. The van der Waals surface area contributed by atoms with E-state index in [1.807, 2.05) is 0 Å². The van der Waals surface area contributed by atoms with Crippen LogP contribution in [0.5, 0.6) is 0 Å². The van der Waals surface area contributed by atoms with Gasteiger partial charge in [-0.25, -0.2) is 4.39 Å². The van der Waals surface area contributed by atoms with E-state index in [9.17, 15) is 19.3 Å². The van der Waals surface area contributed by atoms with Crippen molar-refractivity contribution in [1.29, 1.82) is 0 Å². The fourth-order valence-corrected chi connectivity index (χ4v) is 1.82. The van der Waals surface area contributed by atoms with Gasteiger partial charge in [0.15, 0.2) is 0 Å². The smallest absolute Gasteiger partial charge is 0.323 e. The number of nitro groups is 1. The lowest BCUT2D eigenvalue weighted by Gasteiger charge is -2.22. The van der Waals surface area contributed by atoms with Gasteiger partial charge in [-0.3, -0.25) is 14.9 Å². The molecule has 0 amide bonds. The number of anilines is 1. The highest BCUT2D eigenvalue weighted by molar-refractivity contribution is 5.77. The summed E-state index contributed by atoms with van der Waals surface area (Å²) in [5.41, 5.74) is -0.241. The van der Waals surface area contributed by atoms with E-state index < -0.39 is 16.7 Å². The van der Waals surface area contributed by atoms with Crippen molar-refractivity contribution in [3.8, 4) is 0 Å². The maximum Gasteiger partial charge on any atom is 0.323 e. The SMILES string of the molecule is O=C(O)CN(c1cc(F)ccc1[N+](=O)[O-])C1CC1. The van der Waals surface area contributed by atoms with E-state index in [2.05, 4.69) is 0 Å². The van der Waals surface area contributed by atoms with Gasteiger partial charge in [0.2, 0.25) is 0 Å². The molecule has 1 fully saturated rings. The lowest BCUT2D eigenvalue weighted by molar-refractivity contribution is -0.384. The molecule has 0 atom stereocenters. The van der Waals surface area contributed by atoms with Gasteiger partial charge >= 0.3 is 5.97 Å². The van der Waals surface area contributed by atoms with E-state index in [1.54, 1.807) is 0 Å². The molecule has 1 saturated carbocycles. The minimum absolute atomic E-state index is 0.0323. The summed E-state index contributed by atoms with van der Waals surface area (Å²) in [4.78, 5) is 22.4. The van der Waals surface area contributed by atoms with Crippen LogP contribution in [0.3, 0.4) is 0 Å². The lowest BCUT2D eigenvalue weighted by atomic mass is 10.2. The Balaban J connectivity index is 2.41. The number of rotatable bonds is 5. The molecule has 0 saturated heterocycles. The molecule has 18 heavy (non-hydrogen) atoms. The first kappa shape index (κ1) is 12.3. The van der Waals surface area contributed by atoms with Crippen LogP contribution in [-0.4, -0.2) is 28.6 Å². The Hall–Kier alpha value is -2.18. The molecule has 1 N–H and O–H groups in total. The fraction of sp³-hybridized carbons (Fsp3) is 0.364. The van der Waals surface area contributed by atoms with Crippen LogP contribution in [0.4, 0.5) is 15.8 Å². The van der Waals surface area contributed by atoms with Gasteiger partial charge in [0.25, 0.3) is 5.69 Å². The van der Waals surface area contributed by atoms with Crippen molar-refractivity contribution in [1.82, 2.24) is 0 Å². The first-order valence-corrected chi connectivity index (χ1v) is 5.41. The van der Waals surface area contributed by atoms with Gasteiger partial charge in [-0.05, 0) is 18.9 Å². The number of aliphatic carboxylic acids is 1. The lowest BCUT2D eigenvalue weighted by Crippen LogP contribution is -2.32. The Bertz CT molecular complexity index is 502. The van der Waals surface area contributed by atoms with Gasteiger partial charge in [0.1, 0.15) is 18.0 Å². The number of nitrogens with zero attached hydrogens (tertiary/aromatic N) is 2. The Morgan fingerprint density at radius 1 is 1.56 bits per heavy atom. The number of hydrogen-bond acceptors (Lipinski definition) is 4. The minimum Gasteiger partial charge on any atom is -0.480 e. The van der Waals surface area contributed by atoms with Gasteiger partial charge in [0, 0.05) is 18.2 Å². The molecular formula is C11H11FN2O4. The van der Waals surface area contributed by atoms with E-state index >= 15 is 0 Å². The molecule has 0 aliphatic heterocycles. The predicted octanol–water partition coefficient (Wildman–Crippen LogP) is 1.79. The Labute approximate surface area is 102 Å². The summed E-state index contributed by atoms with van der Waals surface area (Å²) in [5, 5.41) is 19.7. The molecule has 0 spiro atoms. The highest BCUT2D eigenvalue weighted by atomic mass is 19.1. The second-order valence-corrected chi connectivity index (χ2v) is 4.14. The average molecular weight is 254 g/mol. The Morgan fingerprint density at radius 3 is 2.72 bits per heavy atom. The average Bonchev–Trinajstić information content (AvgIpc) is 3.08. The predicted molar refractivity (Wildman–Crippen MR) is 61.1 cm³/mol. The first-order chi connectivity index (χ1) is 8.49. The van der Waals surface area contributed by atoms with Gasteiger partial charge in [0.05, 0.1) is 4.92 Å². The summed E-state index contributed by atoms with van der Waals surface area (Å²) in [6, 6.07) is 3.01. The normalized spacial score (nSPS) is 14.3. The summed E-state index contributed by atoms with van der Waals surface area (Å²) >= 11 is 0. The molecule has 2 rings (SSSR count). The van der Waals surface area contributed by atoms with Crippen LogP contribution in [0.1, 0.15) is 12.8 Å². The molecule has 0 radical (unpaired) electrons. The number of halogens is 1. The van der Waals surface area contributed by atoms with Crippen molar-refractivity contribution in [3.05, 3.63) is 34.1 Å². The molecule has 0 heterocycles. The van der Waals surface area contributed by atoms with Crippen LogP contribution in [-0.2, 0) is 4.79 Å². The summed E-state index contributed by atoms with van der Waals surface area (Å²) in [5.74, 6) is -1.72. The van der Waals surface area contributed by atoms with Crippen LogP contribution in [0.25, 0.3) is 0 Å². The summed E-state index contributed by atoms with van der Waals surface area (Å²) < 4.78 is 13.2. The summed E-state index contributed by atoms with van der Waals surface area (Å²) in [6.45, 7) is -0.366. The zero-order valence-corrected chi connectivity index (χ0v) is 9.38. The third-order valence-corrected chi connectivity index (χ3v) is 2.74. The van der Waals surface area contributed by atoms with Crippen molar-refractivity contribution < 1.29 is 19.2 Å². The summed E-state index contributed by atoms with van der Waals surface area (Å²) in [6.07, 6.45) is 1.53. The summed E-state index contributed by atoms with van der Waals surface area (Å²) in [7, 11) is 0. The zero-order valence-electron chi connectivity index (χ0n) is 9.38. The highest BCUT2D eigenvalue weighted by Gasteiger charge is 2.34. The number of nitro benzene ring substituents is 1. The third-order valence-electron chi connectivity index (χ3n) is 2.74. The van der Waals surface area contributed by atoms with Crippen LogP contribution >= 0.6 is 0 Å². The number of benzene rings is 1. The van der Waals surface area contributed by atoms with Crippen molar-refractivity contribution in [2.75, 3.05) is 11.4 Å². The van der Waals surface area contributed by atoms with E-state index in [1.165, 1.54) is 4.90 Å². The molecule has 1 aromatic carbocycles. The maximum absolute atomic E-state index is 13.2. The molecule has 96 valence electrons. The second-order valence-electron chi connectivity index (χ2n) is 4.14. The fourth-order valence-electron chi connectivity index (χ4n) is 1.82. The topological polar surface area (TPSA) is 83.7 Å². The number of hydrogen-bond donors (Lipinski definition) is 1. The van der Waals surface area contributed by atoms with Crippen molar-refractivity contribution >= 4 is 17.3 Å². The molecule has 0 aromatic heterocycles. The number of carboxylic acid groups (broad SMARTS) is 1. The quantitative estimate of drug-likeness (QED) is 0.639. The van der Waals surface area contributed by atoms with Crippen LogP contribution in [0, 0.1) is 15.9 Å². The molecule has 7 heteroatoms. The first-order valence-electron chi connectivity index (χ1n) is 5.41. The van der Waals surface area contributed by atoms with Crippen LogP contribution in [0.2, 0.25) is 0 Å². The standard InChI is InChI=1S/C11H11FN2O4/c12-7-1-4-9(14(17)18)10(5-7)13(6-11(15)16)8-2-3-8/h1,4-5,8H,2-3,6H2,(H,15,16). The molecule has 1 aromatic rings. The van der Waals surface area contributed by atoms with Crippen molar-refractivity contribution in [2.45, 2.75) is 18.9 Å². The molecule has 0 unspecified atom stereocenters. The third kappa shape index (κ3) is 2.55. The second kappa shape index (κ2) is 4.59. The Kier molecular flexibility index (Phi) is 3.14. The molecular weight excluding hydrogens is 243 g/mol. The van der Waals surface area contributed by atoms with Gasteiger partial charge < -0.3 is 10.0 Å². The van der Waals surface area contributed by atoms with Gasteiger partial charge in [-0.1, -0.05) is 0 Å². The van der Waals surface area contributed by atoms with E-state index in [0.29, 0.717) is 0 Å². The van der Waals surface area contributed by atoms with Gasteiger partial charge in [-0.15, -0.1) is 0 Å². The van der Waals surface area contributed by atoms with Gasteiger partial charge in [-0.2, -0.15) is 0 Å². The zero-order chi connectivity index (χ0) is 13.3. The highest BCUT2D eigenvalue weighted by Crippen LogP contribution is 2.37. The van der Waals surface area contributed by atoms with E-state index in [-0.39, 0.29) is 24.0 Å². The maximum atomic E-state index is 13.2. The number of carboxylic acids is 1. The van der Waals surface area contributed by atoms with E-state index in [4.69, 9.17) is 5.11 Å². The molecule has 1 aliphatic carbocycles. The van der Waals surface area contributed by atoms with Crippen molar-refractivity contribution in [2.24, 2.45) is 0 Å². The van der Waals surface area contributed by atoms with Crippen LogP contribution in [0.15, 0.2) is 18.2 Å². The van der Waals surface area contributed by atoms with E-state index in [0.717, 1.165) is 31.0 Å². The monoisotopic (exact) mass is 254 g/mol. The van der Waals surface area contributed by atoms with Crippen LogP contribution < -0.4 is 4.90 Å². The largest absolute Gasteiger partial charge is 0.480 e.